The minimum Gasteiger partial charge on any atom is -0.494 e. The fraction of sp³-hybridized carbons (Fsp3) is 0.333. The van der Waals surface area contributed by atoms with Crippen LogP contribution in [0.1, 0.15) is 52.7 Å². The van der Waals surface area contributed by atoms with Gasteiger partial charge in [-0.25, -0.2) is 38.8 Å². The molecule has 0 aliphatic carbocycles. The number of halogens is 2. The van der Waals surface area contributed by atoms with E-state index in [1.165, 1.54) is 90.5 Å². The number of carboxylic acid groups (broad SMARTS) is 2. The van der Waals surface area contributed by atoms with Crippen molar-refractivity contribution in [3.05, 3.63) is 113 Å². The van der Waals surface area contributed by atoms with Crippen LogP contribution in [-0.4, -0.2) is 87.1 Å². The van der Waals surface area contributed by atoms with Crippen LogP contribution in [0.15, 0.2) is 106 Å². The van der Waals surface area contributed by atoms with Gasteiger partial charge in [-0.15, -0.1) is 0 Å². The maximum absolute atomic E-state index is 15.1. The van der Waals surface area contributed by atoms with Crippen LogP contribution >= 0.6 is 15.9 Å². The van der Waals surface area contributed by atoms with Gasteiger partial charge in [0, 0.05) is 55.8 Å². The molecule has 0 aliphatic heterocycles. The van der Waals surface area contributed by atoms with E-state index in [2.05, 4.69) is 25.9 Å². The van der Waals surface area contributed by atoms with Crippen LogP contribution < -0.4 is 4.74 Å². The van der Waals surface area contributed by atoms with Crippen molar-refractivity contribution in [1.29, 1.82) is 0 Å². The molecule has 0 aliphatic rings. The van der Waals surface area contributed by atoms with Gasteiger partial charge in [-0.05, 0) is 86.4 Å². The van der Waals surface area contributed by atoms with Crippen molar-refractivity contribution >= 4 is 48.2 Å². The highest BCUT2D eigenvalue weighted by Crippen LogP contribution is 2.33. The first-order valence-electron chi connectivity index (χ1n) is 17.6. The van der Waals surface area contributed by atoms with Gasteiger partial charge in [0.05, 0.1) is 25.9 Å². The minimum absolute atomic E-state index is 0.00533. The second-order valence-electron chi connectivity index (χ2n) is 15.6. The summed E-state index contributed by atoms with van der Waals surface area (Å²) in [7, 11) is -6.63. The fourth-order valence-electron chi connectivity index (χ4n) is 5.78. The third kappa shape index (κ3) is 11.4. The Morgan fingerprint density at radius 3 is 1.66 bits per heavy atom. The van der Waals surface area contributed by atoms with Crippen LogP contribution in [0.4, 0.5) is 14.0 Å². The summed E-state index contributed by atoms with van der Waals surface area (Å²) in [4.78, 5) is 33.4. The molecule has 0 saturated carbocycles. The zero-order valence-corrected chi connectivity index (χ0v) is 36.2. The third-order valence-electron chi connectivity index (χ3n) is 8.10. The van der Waals surface area contributed by atoms with E-state index in [4.69, 9.17) is 4.74 Å². The minimum atomic E-state index is -4.14. The van der Waals surface area contributed by atoms with E-state index in [1.54, 1.807) is 18.2 Å². The molecule has 4 aromatic heterocycles. The molecule has 0 bridgehead atoms. The topological polar surface area (TPSA) is 194 Å². The Morgan fingerprint density at radius 1 is 0.759 bits per heavy atom. The molecule has 0 radical (unpaired) electrons. The molecule has 15 nitrogen and oxygen atoms in total. The molecule has 0 atom stereocenters. The summed E-state index contributed by atoms with van der Waals surface area (Å²) in [5, 5.41) is 19.1. The number of hydrogen-bond donors (Lipinski definition) is 2. The summed E-state index contributed by atoms with van der Waals surface area (Å²) in [5.74, 6) is -0.766. The molecule has 0 saturated heterocycles. The fourth-order valence-corrected chi connectivity index (χ4v) is 9.33. The van der Waals surface area contributed by atoms with Gasteiger partial charge in [0.1, 0.15) is 14.4 Å². The number of pyridine rings is 2. The SMILES string of the molecule is CC(C)(C)CN(Cc1cc(Br)n(S(=O)(=O)c2cccnc2)c1)C(=O)O.COc1cccc(-c2cc(CN(CC(C)(C)C)C(=O)O)cn2S(=O)(=O)c2cccnc2)c1F. The molecule has 19 heteroatoms. The largest absolute Gasteiger partial charge is 0.494 e. The smallest absolute Gasteiger partial charge is 0.407 e. The van der Waals surface area contributed by atoms with Crippen molar-refractivity contribution in [3.63, 3.8) is 0 Å². The van der Waals surface area contributed by atoms with Crippen molar-refractivity contribution < 1.29 is 45.8 Å². The highest BCUT2D eigenvalue weighted by molar-refractivity contribution is 9.10. The Labute approximate surface area is 346 Å². The van der Waals surface area contributed by atoms with Crippen LogP contribution in [-0.2, 0) is 33.1 Å². The highest BCUT2D eigenvalue weighted by atomic mass is 79.9. The monoisotopic (exact) mass is 904 g/mol. The van der Waals surface area contributed by atoms with Crippen LogP contribution in [0.25, 0.3) is 11.3 Å². The zero-order chi connectivity index (χ0) is 43.2. The summed E-state index contributed by atoms with van der Waals surface area (Å²) >= 11 is 3.24. The predicted molar refractivity (Wildman–Crippen MR) is 218 cm³/mol. The summed E-state index contributed by atoms with van der Waals surface area (Å²) < 4.78 is 74.7. The van der Waals surface area contributed by atoms with E-state index >= 15 is 4.39 Å². The third-order valence-corrected chi connectivity index (χ3v) is 12.3. The summed E-state index contributed by atoms with van der Waals surface area (Å²) in [6, 6.07) is 13.4. The van der Waals surface area contributed by atoms with Crippen LogP contribution in [0, 0.1) is 16.6 Å². The highest BCUT2D eigenvalue weighted by Gasteiger charge is 2.28. The summed E-state index contributed by atoms with van der Waals surface area (Å²) in [5.41, 5.74) is 0.499. The van der Waals surface area contributed by atoms with E-state index in [1.807, 2.05) is 41.5 Å². The van der Waals surface area contributed by atoms with Crippen molar-refractivity contribution in [2.75, 3.05) is 20.2 Å². The first kappa shape index (κ1) is 45.4. The molecule has 0 fully saturated rings. The number of amides is 2. The lowest BCUT2D eigenvalue weighted by atomic mass is 9.96. The Bertz CT molecular complexity index is 2450. The van der Waals surface area contributed by atoms with Gasteiger partial charge in [-0.1, -0.05) is 47.6 Å². The molecule has 0 unspecified atom stereocenters. The number of rotatable bonds is 12. The average Bonchev–Trinajstić information content (AvgIpc) is 3.74. The first-order chi connectivity index (χ1) is 26.9. The molecule has 4 heterocycles. The normalized spacial score (nSPS) is 12.0. The average molecular weight is 906 g/mol. The lowest BCUT2D eigenvalue weighted by molar-refractivity contribution is 0.122. The van der Waals surface area contributed by atoms with E-state index in [0.717, 1.165) is 7.94 Å². The molecular weight excluding hydrogens is 859 g/mol. The van der Waals surface area contributed by atoms with Gasteiger partial charge in [-0.2, -0.15) is 0 Å². The Balaban J connectivity index is 0.000000267. The molecule has 5 rings (SSSR count). The lowest BCUT2D eigenvalue weighted by Crippen LogP contribution is -2.36. The van der Waals surface area contributed by atoms with E-state index in [0.29, 0.717) is 22.3 Å². The molecule has 2 amide bonds. The van der Waals surface area contributed by atoms with Crippen molar-refractivity contribution in [2.45, 2.75) is 64.4 Å². The lowest BCUT2D eigenvalue weighted by Gasteiger charge is -2.27. The Hall–Kier alpha value is -5.27. The molecule has 5 aromatic rings. The number of carbonyl (C=O) groups is 2. The number of methoxy groups -OCH3 is 1. The van der Waals surface area contributed by atoms with Crippen LogP contribution in [0.2, 0.25) is 0 Å². The second-order valence-corrected chi connectivity index (χ2v) is 20.0. The van der Waals surface area contributed by atoms with Gasteiger partial charge >= 0.3 is 12.2 Å². The molecule has 2 N–H and O–H groups in total. The second kappa shape index (κ2) is 18.1. The molecule has 58 heavy (non-hydrogen) atoms. The maximum Gasteiger partial charge on any atom is 0.407 e. The maximum atomic E-state index is 15.1. The number of aromatic nitrogens is 4. The van der Waals surface area contributed by atoms with Gasteiger partial charge in [0.2, 0.25) is 0 Å². The Morgan fingerprint density at radius 2 is 1.22 bits per heavy atom. The number of nitrogens with zero attached hydrogens (tertiary/aromatic N) is 6. The van der Waals surface area contributed by atoms with Crippen molar-refractivity contribution in [3.8, 4) is 17.0 Å². The molecular formula is C39H46BrFN6O9S2. The zero-order valence-electron chi connectivity index (χ0n) is 33.0. The van der Waals surface area contributed by atoms with E-state index < -0.39 is 38.1 Å². The quantitative estimate of drug-likeness (QED) is 0.124. The van der Waals surface area contributed by atoms with E-state index in [9.17, 15) is 36.6 Å². The summed E-state index contributed by atoms with van der Waals surface area (Å²) in [6.07, 6.45) is 5.96. The Kier molecular flexibility index (Phi) is 14.2. The first-order valence-corrected chi connectivity index (χ1v) is 21.3. The van der Waals surface area contributed by atoms with E-state index in [-0.39, 0.29) is 57.3 Å². The van der Waals surface area contributed by atoms with Crippen LogP contribution in [0.5, 0.6) is 5.75 Å². The predicted octanol–water partition coefficient (Wildman–Crippen LogP) is 7.87. The standard InChI is InChI=1S/C23H26FN3O5S.C16H20BrN3O4S/c1-23(2,3)15-26(22(28)29)13-16-11-19(18-8-5-9-20(32-4)21(18)24)27(14-16)33(30,31)17-7-6-10-25-12-17;1-16(2,3)11-19(15(21)22)9-12-7-14(17)20(10-12)25(23,24)13-5-4-6-18-8-13/h5-12,14H,13,15H2,1-4H3,(H,28,29);4-8,10H,9,11H2,1-3H3,(H,21,22). The molecule has 1 aromatic carbocycles. The van der Waals surface area contributed by atoms with Gasteiger partial charge in [0.25, 0.3) is 20.0 Å². The number of hydrogen-bond acceptors (Lipinski definition) is 9. The van der Waals surface area contributed by atoms with Gasteiger partial charge < -0.3 is 24.7 Å². The number of ether oxygens (including phenoxy) is 1. The molecule has 0 spiro atoms. The van der Waals surface area contributed by atoms with Gasteiger partial charge in [0.15, 0.2) is 11.6 Å². The van der Waals surface area contributed by atoms with Crippen molar-refractivity contribution in [1.82, 2.24) is 27.7 Å². The van der Waals surface area contributed by atoms with Crippen molar-refractivity contribution in [2.24, 2.45) is 10.8 Å². The summed E-state index contributed by atoms with van der Waals surface area (Å²) in [6.45, 7) is 12.1. The molecule has 312 valence electrons. The van der Waals surface area contributed by atoms with Crippen LogP contribution in [0.3, 0.4) is 0 Å². The van der Waals surface area contributed by atoms with Gasteiger partial charge in [-0.3, -0.25) is 9.97 Å². The number of benzene rings is 1.